The Labute approximate surface area is 127 Å². The molecule has 0 spiro atoms. The van der Waals surface area contributed by atoms with Gasteiger partial charge in [-0.2, -0.15) is 4.98 Å². The second-order valence-electron chi connectivity index (χ2n) is 4.55. The molecule has 20 heavy (non-hydrogen) atoms. The lowest BCUT2D eigenvalue weighted by Gasteiger charge is -2.04. The minimum absolute atomic E-state index is 0.278. The number of aromatic carboxylic acids is 1. The smallest absolute Gasteiger partial charge is 0.336 e. The first-order valence-corrected chi connectivity index (χ1v) is 7.89. The highest BCUT2D eigenvalue weighted by Gasteiger charge is 2.28. The maximum atomic E-state index is 11.2. The highest BCUT2D eigenvalue weighted by atomic mass is 79.9. The van der Waals surface area contributed by atoms with Gasteiger partial charge in [-0.3, -0.25) is 0 Å². The van der Waals surface area contributed by atoms with E-state index < -0.39 is 5.97 Å². The van der Waals surface area contributed by atoms with Gasteiger partial charge in [0, 0.05) is 15.3 Å². The lowest BCUT2D eigenvalue weighted by Crippen LogP contribution is -1.98. The number of hydrogen-bond acceptors (Lipinski definition) is 5. The molecule has 2 aromatic rings. The second-order valence-corrected chi connectivity index (χ2v) is 6.49. The van der Waals surface area contributed by atoms with E-state index >= 15 is 0 Å². The molecule has 1 aliphatic carbocycles. The van der Waals surface area contributed by atoms with E-state index in [1.165, 1.54) is 11.8 Å². The van der Waals surface area contributed by atoms with Gasteiger partial charge in [0.1, 0.15) is 0 Å². The highest BCUT2D eigenvalue weighted by Crippen LogP contribution is 2.38. The normalized spacial score (nSPS) is 14.4. The van der Waals surface area contributed by atoms with E-state index in [4.69, 9.17) is 9.63 Å². The molecule has 1 saturated carbocycles. The molecule has 0 radical (unpaired) electrons. The Hall–Kier alpha value is -1.34. The Morgan fingerprint density at radius 2 is 2.30 bits per heavy atom. The molecule has 0 bridgehead atoms. The average Bonchev–Trinajstić information content (AvgIpc) is 3.15. The molecule has 7 heteroatoms. The van der Waals surface area contributed by atoms with Crippen LogP contribution in [0.5, 0.6) is 0 Å². The maximum Gasteiger partial charge on any atom is 0.336 e. The largest absolute Gasteiger partial charge is 0.478 e. The van der Waals surface area contributed by atoms with Gasteiger partial charge in [-0.25, -0.2) is 4.79 Å². The quantitative estimate of drug-likeness (QED) is 0.825. The molecule has 1 aromatic carbocycles. The van der Waals surface area contributed by atoms with Crippen LogP contribution in [0.25, 0.3) is 0 Å². The third-order valence-corrected chi connectivity index (χ3v) is 4.48. The number of carboxylic acid groups (broad SMARTS) is 1. The minimum Gasteiger partial charge on any atom is -0.478 e. The van der Waals surface area contributed by atoms with E-state index in [-0.39, 0.29) is 5.56 Å². The Balaban J connectivity index is 1.73. The van der Waals surface area contributed by atoms with Gasteiger partial charge < -0.3 is 9.63 Å². The van der Waals surface area contributed by atoms with Crippen molar-refractivity contribution in [3.05, 3.63) is 40.0 Å². The molecule has 1 aliphatic rings. The van der Waals surface area contributed by atoms with E-state index in [9.17, 15) is 4.79 Å². The summed E-state index contributed by atoms with van der Waals surface area (Å²) in [6, 6.07) is 5.08. The molecular weight excluding hydrogens is 344 g/mol. The van der Waals surface area contributed by atoms with E-state index in [0.717, 1.165) is 23.1 Å². The van der Waals surface area contributed by atoms with Crippen LogP contribution in [-0.2, 0) is 5.75 Å². The summed E-state index contributed by atoms with van der Waals surface area (Å²) >= 11 is 4.73. The van der Waals surface area contributed by atoms with Gasteiger partial charge in [-0.15, -0.1) is 11.8 Å². The third-order valence-electron chi connectivity index (χ3n) is 2.95. The summed E-state index contributed by atoms with van der Waals surface area (Å²) < 4.78 is 6.02. The van der Waals surface area contributed by atoms with Crippen molar-refractivity contribution in [1.82, 2.24) is 10.1 Å². The van der Waals surface area contributed by atoms with Gasteiger partial charge in [0.05, 0.1) is 11.3 Å². The highest BCUT2D eigenvalue weighted by molar-refractivity contribution is 9.10. The van der Waals surface area contributed by atoms with Crippen molar-refractivity contribution < 1.29 is 14.4 Å². The summed E-state index contributed by atoms with van der Waals surface area (Å²) in [4.78, 5) is 16.2. The van der Waals surface area contributed by atoms with Crippen molar-refractivity contribution >= 4 is 33.7 Å². The number of nitrogens with zero attached hydrogens (tertiary/aromatic N) is 2. The van der Waals surface area contributed by atoms with Crippen molar-refractivity contribution in [3.63, 3.8) is 0 Å². The van der Waals surface area contributed by atoms with Gasteiger partial charge >= 0.3 is 5.97 Å². The number of hydrogen-bond donors (Lipinski definition) is 1. The molecule has 1 aromatic heterocycles. The molecule has 0 saturated heterocycles. The molecule has 5 nitrogen and oxygen atoms in total. The van der Waals surface area contributed by atoms with Crippen LogP contribution in [0, 0.1) is 0 Å². The summed E-state index contributed by atoms with van der Waals surface area (Å²) in [6.45, 7) is 0. The maximum absolute atomic E-state index is 11.2. The predicted molar refractivity (Wildman–Crippen MR) is 76.9 cm³/mol. The summed E-state index contributed by atoms with van der Waals surface area (Å²) in [7, 11) is 0. The van der Waals surface area contributed by atoms with Crippen molar-refractivity contribution in [2.24, 2.45) is 0 Å². The Kier molecular flexibility index (Phi) is 3.80. The van der Waals surface area contributed by atoms with Crippen molar-refractivity contribution in [3.8, 4) is 0 Å². The number of thioether (sulfide) groups is 1. The van der Waals surface area contributed by atoms with Crippen LogP contribution in [0.3, 0.4) is 0 Å². The molecule has 3 rings (SSSR count). The van der Waals surface area contributed by atoms with Crippen LogP contribution >= 0.6 is 27.7 Å². The van der Waals surface area contributed by atoms with Crippen LogP contribution in [0.2, 0.25) is 0 Å². The minimum atomic E-state index is -0.941. The Bertz CT molecular complexity index is 655. The molecule has 1 heterocycles. The monoisotopic (exact) mass is 354 g/mol. The fraction of sp³-hybridized carbons (Fsp3) is 0.308. The van der Waals surface area contributed by atoms with Gasteiger partial charge in [0.25, 0.3) is 0 Å². The zero-order chi connectivity index (χ0) is 14.1. The van der Waals surface area contributed by atoms with Crippen LogP contribution in [0.1, 0.15) is 40.8 Å². The number of aromatic nitrogens is 2. The van der Waals surface area contributed by atoms with Crippen molar-refractivity contribution in [2.45, 2.75) is 29.4 Å². The van der Waals surface area contributed by atoms with E-state index in [0.29, 0.717) is 22.5 Å². The first-order chi connectivity index (χ1) is 9.63. The predicted octanol–water partition coefficient (Wildman–Crippen LogP) is 3.70. The Morgan fingerprint density at radius 3 is 3.00 bits per heavy atom. The second kappa shape index (κ2) is 5.57. The molecule has 1 fully saturated rings. The third kappa shape index (κ3) is 3.04. The summed E-state index contributed by atoms with van der Waals surface area (Å²) in [5.74, 6) is 1.29. The van der Waals surface area contributed by atoms with Crippen molar-refractivity contribution in [1.29, 1.82) is 0 Å². The fourth-order valence-corrected chi connectivity index (χ4v) is 3.20. The molecular formula is C13H11BrN2O3S. The number of carboxylic acids is 1. The van der Waals surface area contributed by atoms with E-state index in [1.54, 1.807) is 18.2 Å². The molecule has 0 aliphatic heterocycles. The first kappa shape index (κ1) is 13.6. The van der Waals surface area contributed by atoms with Gasteiger partial charge in [-0.1, -0.05) is 21.1 Å². The summed E-state index contributed by atoms with van der Waals surface area (Å²) in [5.41, 5.74) is 0.278. The van der Waals surface area contributed by atoms with Crippen molar-refractivity contribution in [2.75, 3.05) is 0 Å². The zero-order valence-corrected chi connectivity index (χ0v) is 12.8. The van der Waals surface area contributed by atoms with Crippen LogP contribution in [0.4, 0.5) is 0 Å². The van der Waals surface area contributed by atoms with Crippen LogP contribution in [-0.4, -0.2) is 21.2 Å². The summed E-state index contributed by atoms with van der Waals surface area (Å²) in [5, 5.41) is 13.1. The molecule has 104 valence electrons. The topological polar surface area (TPSA) is 76.2 Å². The number of carbonyl (C=O) groups is 1. The average molecular weight is 355 g/mol. The molecule has 0 atom stereocenters. The van der Waals surface area contributed by atoms with E-state index in [1.807, 2.05) is 0 Å². The molecule has 0 amide bonds. The van der Waals surface area contributed by atoms with Gasteiger partial charge in [0.15, 0.2) is 5.82 Å². The lowest BCUT2D eigenvalue weighted by atomic mass is 10.2. The molecule has 1 N–H and O–H groups in total. The van der Waals surface area contributed by atoms with Gasteiger partial charge in [-0.05, 0) is 31.0 Å². The standard InChI is InChI=1S/C13H11BrN2O3S/c14-8-3-4-9(13(17)18)10(5-8)20-6-11-15-12(16-19-11)7-1-2-7/h3-5,7H,1-2,6H2,(H,17,18). The van der Waals surface area contributed by atoms with Gasteiger partial charge in [0.2, 0.25) is 5.89 Å². The SMILES string of the molecule is O=C(O)c1ccc(Br)cc1SCc1nc(C2CC2)no1. The number of halogens is 1. The van der Waals surface area contributed by atoms with Crippen LogP contribution in [0.15, 0.2) is 32.1 Å². The van der Waals surface area contributed by atoms with E-state index in [2.05, 4.69) is 26.1 Å². The lowest BCUT2D eigenvalue weighted by molar-refractivity contribution is 0.0693. The fourth-order valence-electron chi connectivity index (χ4n) is 1.77. The van der Waals surface area contributed by atoms with Crippen LogP contribution < -0.4 is 0 Å². The zero-order valence-electron chi connectivity index (χ0n) is 10.4. The summed E-state index contributed by atoms with van der Waals surface area (Å²) in [6.07, 6.45) is 2.25. The first-order valence-electron chi connectivity index (χ1n) is 6.11. The number of benzene rings is 1. The molecule has 0 unspecified atom stereocenters. The Morgan fingerprint density at radius 1 is 1.50 bits per heavy atom. The number of rotatable bonds is 5.